The second-order valence-electron chi connectivity index (χ2n) is 6.58. The zero-order valence-electron chi connectivity index (χ0n) is 15.7. The fourth-order valence-electron chi connectivity index (χ4n) is 2.88. The number of aliphatic imine (C=N–C) groups is 1. The van der Waals surface area contributed by atoms with Crippen molar-refractivity contribution in [1.29, 1.82) is 5.41 Å². The fraction of sp³-hybridized carbons (Fsp3) is 0.400. The van der Waals surface area contributed by atoms with Gasteiger partial charge >= 0.3 is 0 Å². The average Bonchev–Trinajstić information content (AvgIpc) is 3.03. The van der Waals surface area contributed by atoms with Gasteiger partial charge in [-0.15, -0.1) is 0 Å². The average molecular weight is 358 g/mol. The Morgan fingerprint density at radius 3 is 2.81 bits per heavy atom. The fourth-order valence-corrected chi connectivity index (χ4v) is 2.88. The molecule has 6 heteroatoms. The first-order chi connectivity index (χ1) is 12.3. The Balaban J connectivity index is 0.00000364. The Hall–Kier alpha value is -2.60. The summed E-state index contributed by atoms with van der Waals surface area (Å²) < 4.78 is 5.72. The lowest BCUT2D eigenvalue weighted by molar-refractivity contribution is 0.183. The van der Waals surface area contributed by atoms with Crippen molar-refractivity contribution in [2.45, 2.75) is 39.4 Å². The van der Waals surface area contributed by atoms with Crippen LogP contribution in [0.3, 0.4) is 0 Å². The van der Waals surface area contributed by atoms with Gasteiger partial charge in [-0.05, 0) is 63.8 Å². The summed E-state index contributed by atoms with van der Waals surface area (Å²) in [7, 11) is 0. The number of nitrogen functional groups attached to an aromatic ring is 1. The summed E-state index contributed by atoms with van der Waals surface area (Å²) in [5.41, 5.74) is 8.19. The number of nitrogens with two attached hydrogens (primary N) is 1. The summed E-state index contributed by atoms with van der Waals surface area (Å²) in [6.45, 7) is 10.6. The Kier molecular flexibility index (Phi) is 6.58. The number of β-amino-alcohol motifs (C(OH)–C–C–N with tert-alkyl or cyclic N) is 1. The summed E-state index contributed by atoms with van der Waals surface area (Å²) in [4.78, 5) is 6.05. The third-order valence-corrected chi connectivity index (χ3v) is 4.20. The molecular weight excluding hydrogens is 328 g/mol. The zero-order valence-corrected chi connectivity index (χ0v) is 15.7. The van der Waals surface area contributed by atoms with E-state index >= 15 is 0 Å². The molecule has 0 aromatic heterocycles. The van der Waals surface area contributed by atoms with E-state index in [0.29, 0.717) is 47.1 Å². The highest BCUT2D eigenvalue weighted by atomic mass is 16.5. The van der Waals surface area contributed by atoms with Gasteiger partial charge < -0.3 is 20.5 Å². The molecule has 142 valence electrons. The number of benzene rings is 1. The summed E-state index contributed by atoms with van der Waals surface area (Å²) in [6, 6.07) is 5.34. The smallest absolute Gasteiger partial charge is 0.128 e. The van der Waals surface area contributed by atoms with E-state index < -0.39 is 0 Å². The van der Waals surface area contributed by atoms with Crippen LogP contribution in [0.5, 0.6) is 5.75 Å². The number of anilines is 1. The standard InChI is InChI=1S/C20H28N4O2.H2/c1-5-14(10-19(23-4)24-9-8-15(25)12-24)20(22)17-11-16(26-13(2)3)6-7-18(17)21;/h5-7,10-11,13,15,22,25H,4,8-9,12,21H2,1-3H3;1H/b14-5+,19-10+,22-20?;/t15-;/m0./s1. The molecule has 1 aromatic rings. The molecule has 4 N–H and O–H groups in total. The van der Waals surface area contributed by atoms with Gasteiger partial charge in [-0.25, -0.2) is 4.99 Å². The van der Waals surface area contributed by atoms with E-state index in [1.807, 2.05) is 37.8 Å². The topological polar surface area (TPSA) is 94.9 Å². The number of nitrogens with zero attached hydrogens (tertiary/aromatic N) is 2. The van der Waals surface area contributed by atoms with Crippen LogP contribution in [0.2, 0.25) is 0 Å². The van der Waals surface area contributed by atoms with Gasteiger partial charge in [-0.1, -0.05) is 6.08 Å². The second kappa shape index (κ2) is 8.67. The molecule has 0 bridgehead atoms. The summed E-state index contributed by atoms with van der Waals surface area (Å²) in [5.74, 6) is 1.32. The minimum atomic E-state index is -0.353. The van der Waals surface area contributed by atoms with Crippen molar-refractivity contribution in [1.82, 2.24) is 4.90 Å². The van der Waals surface area contributed by atoms with Crippen LogP contribution in [-0.4, -0.2) is 47.7 Å². The summed E-state index contributed by atoms with van der Waals surface area (Å²) >= 11 is 0. The number of aliphatic hydroxyl groups excluding tert-OH is 1. The molecule has 0 radical (unpaired) electrons. The summed E-state index contributed by atoms with van der Waals surface area (Å²) in [6.07, 6.45) is 4.05. The lowest BCUT2D eigenvalue weighted by Crippen LogP contribution is -2.21. The van der Waals surface area contributed by atoms with E-state index in [9.17, 15) is 5.11 Å². The molecule has 1 aliphatic heterocycles. The molecule has 26 heavy (non-hydrogen) atoms. The molecule has 0 spiro atoms. The number of ether oxygens (including phenoxy) is 1. The van der Waals surface area contributed by atoms with Gasteiger partial charge in [0.25, 0.3) is 0 Å². The van der Waals surface area contributed by atoms with Crippen molar-refractivity contribution in [3.8, 4) is 5.75 Å². The Morgan fingerprint density at radius 1 is 1.54 bits per heavy atom. The minimum Gasteiger partial charge on any atom is -0.491 e. The monoisotopic (exact) mass is 358 g/mol. The normalized spacial score (nSPS) is 18.3. The molecule has 1 saturated heterocycles. The first kappa shape index (κ1) is 19.7. The number of rotatable bonds is 7. The predicted octanol–water partition coefficient (Wildman–Crippen LogP) is 3.22. The molecule has 1 aromatic carbocycles. The Labute approximate surface area is 156 Å². The van der Waals surface area contributed by atoms with Crippen LogP contribution in [-0.2, 0) is 0 Å². The van der Waals surface area contributed by atoms with Gasteiger partial charge in [-0.2, -0.15) is 0 Å². The van der Waals surface area contributed by atoms with Crippen molar-refractivity contribution in [2.24, 2.45) is 4.99 Å². The molecule has 6 nitrogen and oxygen atoms in total. The third kappa shape index (κ3) is 4.73. The van der Waals surface area contributed by atoms with Gasteiger partial charge in [0.15, 0.2) is 0 Å². The molecule has 0 amide bonds. The molecule has 1 fully saturated rings. The van der Waals surface area contributed by atoms with Gasteiger partial charge in [0.1, 0.15) is 11.6 Å². The van der Waals surface area contributed by atoms with E-state index in [4.69, 9.17) is 15.9 Å². The maximum Gasteiger partial charge on any atom is 0.128 e. The molecule has 1 aliphatic rings. The molecule has 0 unspecified atom stereocenters. The summed E-state index contributed by atoms with van der Waals surface area (Å²) in [5, 5.41) is 18.4. The van der Waals surface area contributed by atoms with Crippen molar-refractivity contribution in [3.05, 3.63) is 47.3 Å². The van der Waals surface area contributed by atoms with Crippen molar-refractivity contribution >= 4 is 18.1 Å². The number of likely N-dealkylation sites (tertiary alicyclic amines) is 1. The number of nitrogens with one attached hydrogen (secondary N) is 1. The second-order valence-corrected chi connectivity index (χ2v) is 6.58. The van der Waals surface area contributed by atoms with Crippen molar-refractivity contribution in [2.75, 3.05) is 18.8 Å². The van der Waals surface area contributed by atoms with Crippen LogP contribution < -0.4 is 10.5 Å². The van der Waals surface area contributed by atoms with Gasteiger partial charge in [0.2, 0.25) is 0 Å². The molecular formula is C20H30N4O2. The molecule has 2 rings (SSSR count). The quantitative estimate of drug-likeness (QED) is 0.396. The predicted molar refractivity (Wildman–Crippen MR) is 109 cm³/mol. The minimum absolute atomic E-state index is 0. The van der Waals surface area contributed by atoms with E-state index in [2.05, 4.69) is 11.7 Å². The van der Waals surface area contributed by atoms with E-state index in [1.165, 1.54) is 0 Å². The van der Waals surface area contributed by atoms with E-state index in [1.54, 1.807) is 18.2 Å². The van der Waals surface area contributed by atoms with E-state index in [0.717, 1.165) is 6.54 Å². The van der Waals surface area contributed by atoms with Crippen molar-refractivity contribution < 1.29 is 11.3 Å². The third-order valence-electron chi connectivity index (χ3n) is 4.20. The SMILES string of the molecule is C=N/C(=C\C(=C/C)C(=N)c1cc(OC(C)C)ccc1N)N1CC[C@H](O)C1.[HH]. The zero-order chi connectivity index (χ0) is 19.3. The van der Waals surface area contributed by atoms with Crippen LogP contribution >= 0.6 is 0 Å². The number of aliphatic hydroxyl groups is 1. The van der Waals surface area contributed by atoms with Gasteiger partial charge in [-0.3, -0.25) is 5.41 Å². The lowest BCUT2D eigenvalue weighted by Gasteiger charge is -2.19. The van der Waals surface area contributed by atoms with Gasteiger partial charge in [0, 0.05) is 25.8 Å². The Morgan fingerprint density at radius 2 is 2.27 bits per heavy atom. The molecule has 1 heterocycles. The van der Waals surface area contributed by atoms with E-state index in [-0.39, 0.29) is 13.6 Å². The lowest BCUT2D eigenvalue weighted by atomic mass is 10.00. The van der Waals surface area contributed by atoms with Crippen LogP contribution in [0.1, 0.15) is 34.2 Å². The number of allylic oxidation sites excluding steroid dienone is 3. The highest BCUT2D eigenvalue weighted by Crippen LogP contribution is 2.25. The maximum absolute atomic E-state index is 9.74. The first-order valence-electron chi connectivity index (χ1n) is 8.79. The molecule has 1 atom stereocenters. The first-order valence-corrected chi connectivity index (χ1v) is 8.79. The highest BCUT2D eigenvalue weighted by Gasteiger charge is 2.22. The van der Waals surface area contributed by atoms with Crippen LogP contribution in [0, 0.1) is 5.41 Å². The molecule has 0 aliphatic carbocycles. The Bertz CT molecular complexity index is 743. The van der Waals surface area contributed by atoms with Gasteiger partial charge in [0.05, 0.1) is 17.9 Å². The van der Waals surface area contributed by atoms with Crippen molar-refractivity contribution in [3.63, 3.8) is 0 Å². The maximum atomic E-state index is 9.74. The number of hydrogen-bond acceptors (Lipinski definition) is 6. The molecule has 0 saturated carbocycles. The highest BCUT2D eigenvalue weighted by molar-refractivity contribution is 6.15. The van der Waals surface area contributed by atoms with Crippen LogP contribution in [0.25, 0.3) is 0 Å². The van der Waals surface area contributed by atoms with Crippen LogP contribution in [0.4, 0.5) is 5.69 Å². The largest absolute Gasteiger partial charge is 0.491 e. The number of hydrogen-bond donors (Lipinski definition) is 3. The van der Waals surface area contributed by atoms with Crippen LogP contribution in [0.15, 0.2) is 46.7 Å².